The topological polar surface area (TPSA) is 55.1 Å². The van der Waals surface area contributed by atoms with Gasteiger partial charge in [0.05, 0.1) is 17.6 Å². The molecule has 0 aromatic heterocycles. The van der Waals surface area contributed by atoms with Gasteiger partial charge in [0.25, 0.3) is 0 Å². The number of nitrogens with one attached hydrogen (secondary N) is 1. The van der Waals surface area contributed by atoms with Gasteiger partial charge in [0.15, 0.2) is 0 Å². The molecule has 0 saturated heterocycles. The van der Waals surface area contributed by atoms with Crippen LogP contribution in [0.5, 0.6) is 0 Å². The van der Waals surface area contributed by atoms with Gasteiger partial charge in [-0.25, -0.2) is 4.39 Å². The Labute approximate surface area is 105 Å². The lowest BCUT2D eigenvalue weighted by molar-refractivity contribution is -0.120. The molecule has 1 aromatic carbocycles. The summed E-state index contributed by atoms with van der Waals surface area (Å²) in [6.07, 6.45) is 0. The molecular weight excluding hydrogens is 254 g/mol. The summed E-state index contributed by atoms with van der Waals surface area (Å²) in [5, 5.41) is 2.69. The SMILES string of the molecule is CC(NC(=O)CN)c1ccc(F)c(Cl)c1.Cl. The highest BCUT2D eigenvalue weighted by molar-refractivity contribution is 6.30. The second kappa shape index (κ2) is 6.68. The summed E-state index contributed by atoms with van der Waals surface area (Å²) in [5.74, 6) is -0.735. The number of rotatable bonds is 3. The van der Waals surface area contributed by atoms with Crippen molar-refractivity contribution in [2.45, 2.75) is 13.0 Å². The van der Waals surface area contributed by atoms with Gasteiger partial charge in [-0.1, -0.05) is 17.7 Å². The average Bonchev–Trinajstić information content (AvgIpc) is 2.21. The van der Waals surface area contributed by atoms with E-state index in [4.69, 9.17) is 17.3 Å². The standard InChI is InChI=1S/C10H12ClFN2O.ClH/c1-6(14-10(15)5-13)7-2-3-9(12)8(11)4-7;/h2-4,6H,5,13H2,1H3,(H,14,15);1H. The third-order valence-corrected chi connectivity index (χ3v) is 2.30. The van der Waals surface area contributed by atoms with E-state index >= 15 is 0 Å². The van der Waals surface area contributed by atoms with Crippen LogP contribution in [0.15, 0.2) is 18.2 Å². The number of carbonyl (C=O) groups is 1. The van der Waals surface area contributed by atoms with E-state index in [1.165, 1.54) is 12.1 Å². The highest BCUT2D eigenvalue weighted by atomic mass is 35.5. The highest BCUT2D eigenvalue weighted by Gasteiger charge is 2.09. The average molecular weight is 267 g/mol. The van der Waals surface area contributed by atoms with Crippen LogP contribution in [0.1, 0.15) is 18.5 Å². The highest BCUT2D eigenvalue weighted by Crippen LogP contribution is 2.20. The molecule has 90 valence electrons. The lowest BCUT2D eigenvalue weighted by Gasteiger charge is -2.13. The molecule has 0 bridgehead atoms. The number of halogens is 3. The fourth-order valence-electron chi connectivity index (χ4n) is 1.17. The van der Waals surface area contributed by atoms with Gasteiger partial charge in [-0.3, -0.25) is 4.79 Å². The minimum absolute atomic E-state index is 0. The van der Waals surface area contributed by atoms with E-state index < -0.39 is 5.82 Å². The van der Waals surface area contributed by atoms with Crippen LogP contribution in [0.2, 0.25) is 5.02 Å². The Balaban J connectivity index is 0.00000225. The molecular formula is C10H13Cl2FN2O. The van der Waals surface area contributed by atoms with E-state index in [9.17, 15) is 9.18 Å². The molecule has 3 N–H and O–H groups in total. The molecule has 0 radical (unpaired) electrons. The second-order valence-corrected chi connectivity index (χ2v) is 3.57. The number of amides is 1. The van der Waals surface area contributed by atoms with E-state index in [0.717, 1.165) is 5.56 Å². The van der Waals surface area contributed by atoms with Crippen LogP contribution in [0.4, 0.5) is 4.39 Å². The number of hydrogen-bond acceptors (Lipinski definition) is 2. The third kappa shape index (κ3) is 3.96. The van der Waals surface area contributed by atoms with E-state index in [1.54, 1.807) is 13.0 Å². The van der Waals surface area contributed by atoms with Crippen molar-refractivity contribution in [3.63, 3.8) is 0 Å². The molecule has 0 aliphatic rings. The Morgan fingerprint density at radius 1 is 1.62 bits per heavy atom. The Kier molecular flexibility index (Phi) is 6.33. The second-order valence-electron chi connectivity index (χ2n) is 3.17. The summed E-state index contributed by atoms with van der Waals surface area (Å²) >= 11 is 5.62. The Bertz CT molecular complexity index is 374. The molecule has 0 heterocycles. The van der Waals surface area contributed by atoms with Gasteiger partial charge in [-0.15, -0.1) is 12.4 Å². The van der Waals surface area contributed by atoms with Crippen molar-refractivity contribution < 1.29 is 9.18 Å². The molecule has 0 saturated carbocycles. The molecule has 3 nitrogen and oxygen atoms in total. The van der Waals surface area contributed by atoms with Crippen molar-refractivity contribution in [2.75, 3.05) is 6.54 Å². The summed E-state index contributed by atoms with van der Waals surface area (Å²) in [7, 11) is 0. The quantitative estimate of drug-likeness (QED) is 0.880. The Hall–Kier alpha value is -0.840. The third-order valence-electron chi connectivity index (χ3n) is 2.01. The molecule has 1 atom stereocenters. The van der Waals surface area contributed by atoms with Crippen LogP contribution >= 0.6 is 24.0 Å². The number of nitrogens with two attached hydrogens (primary N) is 1. The fourth-order valence-corrected chi connectivity index (χ4v) is 1.35. The zero-order chi connectivity index (χ0) is 11.4. The minimum Gasteiger partial charge on any atom is -0.348 e. The number of carbonyl (C=O) groups excluding carboxylic acids is 1. The van der Waals surface area contributed by atoms with Gasteiger partial charge in [0, 0.05) is 0 Å². The monoisotopic (exact) mass is 266 g/mol. The molecule has 0 aliphatic carbocycles. The maximum Gasteiger partial charge on any atom is 0.234 e. The molecule has 1 rings (SSSR count). The van der Waals surface area contributed by atoms with Crippen LogP contribution in [-0.2, 0) is 4.79 Å². The van der Waals surface area contributed by atoms with E-state index in [0.29, 0.717) is 0 Å². The predicted molar refractivity (Wildman–Crippen MR) is 64.3 cm³/mol. The van der Waals surface area contributed by atoms with Crippen LogP contribution < -0.4 is 11.1 Å². The normalized spacial score (nSPS) is 11.5. The first kappa shape index (κ1) is 15.2. The molecule has 16 heavy (non-hydrogen) atoms. The summed E-state index contributed by atoms with van der Waals surface area (Å²) < 4.78 is 12.9. The van der Waals surface area contributed by atoms with Gasteiger partial charge in [0.1, 0.15) is 5.82 Å². The molecule has 1 amide bonds. The summed E-state index contributed by atoms with van der Waals surface area (Å²) in [6, 6.07) is 4.09. The zero-order valence-corrected chi connectivity index (χ0v) is 10.2. The van der Waals surface area contributed by atoms with Crippen LogP contribution in [0.3, 0.4) is 0 Å². The van der Waals surface area contributed by atoms with Gasteiger partial charge in [-0.05, 0) is 24.6 Å². The predicted octanol–water partition coefficient (Wildman–Crippen LogP) is 2.04. The van der Waals surface area contributed by atoms with Crippen LogP contribution in [-0.4, -0.2) is 12.5 Å². The zero-order valence-electron chi connectivity index (χ0n) is 8.67. The summed E-state index contributed by atoms with van der Waals surface area (Å²) in [5.41, 5.74) is 5.89. The molecule has 6 heteroatoms. The first-order valence-corrected chi connectivity index (χ1v) is 4.86. The minimum atomic E-state index is -0.474. The van der Waals surface area contributed by atoms with Crippen molar-refractivity contribution >= 4 is 29.9 Å². The first-order chi connectivity index (χ1) is 7.04. The summed E-state index contributed by atoms with van der Waals surface area (Å²) in [6.45, 7) is 1.70. The van der Waals surface area contributed by atoms with E-state index in [2.05, 4.69) is 5.32 Å². The van der Waals surface area contributed by atoms with Gasteiger partial charge in [-0.2, -0.15) is 0 Å². The Morgan fingerprint density at radius 2 is 2.25 bits per heavy atom. The van der Waals surface area contributed by atoms with Crippen molar-refractivity contribution in [1.82, 2.24) is 5.32 Å². The first-order valence-electron chi connectivity index (χ1n) is 4.49. The van der Waals surface area contributed by atoms with Crippen molar-refractivity contribution in [3.8, 4) is 0 Å². The van der Waals surface area contributed by atoms with Crippen molar-refractivity contribution in [3.05, 3.63) is 34.6 Å². The Morgan fingerprint density at radius 3 is 2.75 bits per heavy atom. The molecule has 1 aromatic rings. The van der Waals surface area contributed by atoms with Crippen LogP contribution in [0, 0.1) is 5.82 Å². The van der Waals surface area contributed by atoms with Gasteiger partial charge < -0.3 is 11.1 Å². The van der Waals surface area contributed by atoms with Gasteiger partial charge in [0.2, 0.25) is 5.91 Å². The molecule has 0 spiro atoms. The lowest BCUT2D eigenvalue weighted by atomic mass is 10.1. The molecule has 1 unspecified atom stereocenters. The smallest absolute Gasteiger partial charge is 0.234 e. The number of hydrogen-bond donors (Lipinski definition) is 2. The maximum atomic E-state index is 12.9. The lowest BCUT2D eigenvalue weighted by Crippen LogP contribution is -2.32. The summed E-state index contributed by atoms with van der Waals surface area (Å²) in [4.78, 5) is 11.0. The molecule has 0 aliphatic heterocycles. The number of benzene rings is 1. The molecule has 0 fully saturated rings. The maximum absolute atomic E-state index is 12.9. The van der Waals surface area contributed by atoms with E-state index in [-0.39, 0.29) is 35.9 Å². The van der Waals surface area contributed by atoms with E-state index in [1.807, 2.05) is 0 Å². The van der Waals surface area contributed by atoms with Gasteiger partial charge >= 0.3 is 0 Å². The van der Waals surface area contributed by atoms with Crippen molar-refractivity contribution in [1.29, 1.82) is 0 Å². The fraction of sp³-hybridized carbons (Fsp3) is 0.300. The van der Waals surface area contributed by atoms with Crippen molar-refractivity contribution in [2.24, 2.45) is 5.73 Å². The largest absolute Gasteiger partial charge is 0.348 e. The van der Waals surface area contributed by atoms with Crippen LogP contribution in [0.25, 0.3) is 0 Å².